The fraction of sp³-hybridized carbons (Fsp3) is 0.150. The van der Waals surface area contributed by atoms with E-state index in [2.05, 4.69) is 15.6 Å². The zero-order chi connectivity index (χ0) is 19.4. The Morgan fingerprint density at radius 2 is 1.81 bits per heavy atom. The van der Waals surface area contributed by atoms with Gasteiger partial charge in [-0.3, -0.25) is 14.7 Å². The van der Waals surface area contributed by atoms with Crippen molar-refractivity contribution in [1.29, 1.82) is 0 Å². The molecule has 1 heterocycles. The number of carbonyl (C=O) groups is 1. The Labute approximate surface area is 156 Å². The van der Waals surface area contributed by atoms with Crippen molar-refractivity contribution in [3.05, 3.63) is 76.3 Å². The zero-order valence-corrected chi connectivity index (χ0v) is 15.3. The van der Waals surface area contributed by atoms with Crippen molar-refractivity contribution in [2.75, 3.05) is 17.7 Å². The van der Waals surface area contributed by atoms with Crippen molar-refractivity contribution in [2.24, 2.45) is 0 Å². The maximum absolute atomic E-state index is 12.7. The molecule has 0 spiro atoms. The van der Waals surface area contributed by atoms with Crippen LogP contribution in [0.4, 0.5) is 16.3 Å². The molecule has 0 saturated heterocycles. The smallest absolute Gasteiger partial charge is 0.325 e. The molecule has 0 saturated carbocycles. The summed E-state index contributed by atoms with van der Waals surface area (Å²) in [5, 5.41) is 5.15. The molecule has 0 aliphatic heterocycles. The second kappa shape index (κ2) is 7.74. The molecule has 1 aromatic heterocycles. The van der Waals surface area contributed by atoms with Gasteiger partial charge in [-0.15, -0.1) is 0 Å². The molecule has 0 aliphatic carbocycles. The Morgan fingerprint density at radius 3 is 2.52 bits per heavy atom. The molecule has 0 radical (unpaired) electrons. The molecule has 2 N–H and O–H groups in total. The highest BCUT2D eigenvalue weighted by molar-refractivity contribution is 5.99. The first-order valence-electron chi connectivity index (χ1n) is 8.34. The molecular formula is C20H20N4O3. The Bertz CT molecular complexity index is 1020. The number of carbonyl (C=O) groups excluding carboxylic acids is 1. The van der Waals surface area contributed by atoms with Gasteiger partial charge in [-0.25, -0.2) is 9.78 Å². The number of hydrogen-bond donors (Lipinski definition) is 2. The van der Waals surface area contributed by atoms with Crippen LogP contribution in [0.25, 0.3) is 5.69 Å². The lowest BCUT2D eigenvalue weighted by atomic mass is 10.1. The van der Waals surface area contributed by atoms with Crippen LogP contribution in [-0.4, -0.2) is 22.7 Å². The van der Waals surface area contributed by atoms with Crippen molar-refractivity contribution >= 4 is 17.5 Å². The molecule has 7 heteroatoms. The lowest BCUT2D eigenvalue weighted by molar-refractivity contribution is 0.262. The van der Waals surface area contributed by atoms with Gasteiger partial charge in [0.25, 0.3) is 5.56 Å². The fourth-order valence-electron chi connectivity index (χ4n) is 2.76. The van der Waals surface area contributed by atoms with Crippen LogP contribution in [0.5, 0.6) is 5.75 Å². The topological polar surface area (TPSA) is 85.2 Å². The Hall–Kier alpha value is -3.61. The molecule has 3 aromatic rings. The molecule has 0 unspecified atom stereocenters. The predicted molar refractivity (Wildman–Crippen MR) is 105 cm³/mol. The van der Waals surface area contributed by atoms with Crippen molar-refractivity contribution in [1.82, 2.24) is 9.55 Å². The van der Waals surface area contributed by atoms with Crippen LogP contribution < -0.4 is 20.9 Å². The zero-order valence-electron chi connectivity index (χ0n) is 15.3. The lowest BCUT2D eigenvalue weighted by Crippen LogP contribution is -2.28. The van der Waals surface area contributed by atoms with E-state index in [-0.39, 0.29) is 5.82 Å². The van der Waals surface area contributed by atoms with Crippen LogP contribution in [0.2, 0.25) is 0 Å². The van der Waals surface area contributed by atoms with E-state index in [0.717, 1.165) is 16.8 Å². The first kappa shape index (κ1) is 18.2. The molecule has 3 rings (SSSR count). The van der Waals surface area contributed by atoms with Gasteiger partial charge in [0.05, 0.1) is 7.11 Å². The third-order valence-corrected chi connectivity index (χ3v) is 3.88. The maximum Gasteiger partial charge on any atom is 0.325 e. The number of methoxy groups -OCH3 is 1. The van der Waals surface area contributed by atoms with Crippen LogP contribution in [0.1, 0.15) is 11.1 Å². The quantitative estimate of drug-likeness (QED) is 0.742. The fourth-order valence-corrected chi connectivity index (χ4v) is 2.76. The van der Waals surface area contributed by atoms with Crippen LogP contribution >= 0.6 is 0 Å². The van der Waals surface area contributed by atoms with Crippen LogP contribution in [-0.2, 0) is 0 Å². The summed E-state index contributed by atoms with van der Waals surface area (Å²) in [6.45, 7) is 3.92. The summed E-state index contributed by atoms with van der Waals surface area (Å²) in [6, 6.07) is 12.2. The largest absolute Gasteiger partial charge is 0.497 e. The number of benzene rings is 2. The van der Waals surface area contributed by atoms with E-state index in [1.165, 1.54) is 10.8 Å². The molecule has 7 nitrogen and oxygen atoms in total. The number of urea groups is 1. The molecule has 2 aromatic carbocycles. The Balaban J connectivity index is 1.83. The molecule has 0 fully saturated rings. The molecule has 2 amide bonds. The third kappa shape index (κ3) is 4.33. The van der Waals surface area contributed by atoms with E-state index in [0.29, 0.717) is 11.4 Å². The number of hydrogen-bond acceptors (Lipinski definition) is 4. The molecule has 27 heavy (non-hydrogen) atoms. The number of aryl methyl sites for hydroxylation is 2. The minimum atomic E-state index is -0.564. The molecule has 138 valence electrons. The summed E-state index contributed by atoms with van der Waals surface area (Å²) in [6.07, 6.45) is 3.04. The van der Waals surface area contributed by atoms with Crippen LogP contribution in [0.3, 0.4) is 0 Å². The van der Waals surface area contributed by atoms with E-state index in [4.69, 9.17) is 4.74 Å². The van der Waals surface area contributed by atoms with Crippen LogP contribution in [0, 0.1) is 13.8 Å². The maximum atomic E-state index is 12.7. The number of ether oxygens (including phenoxy) is 1. The van der Waals surface area contributed by atoms with Gasteiger partial charge < -0.3 is 10.1 Å². The summed E-state index contributed by atoms with van der Waals surface area (Å²) in [7, 11) is 1.54. The van der Waals surface area contributed by atoms with Gasteiger partial charge in [-0.2, -0.15) is 0 Å². The summed E-state index contributed by atoms with van der Waals surface area (Å²) < 4.78 is 6.57. The second-order valence-corrected chi connectivity index (χ2v) is 6.11. The summed E-state index contributed by atoms with van der Waals surface area (Å²) in [4.78, 5) is 29.0. The summed E-state index contributed by atoms with van der Waals surface area (Å²) in [5.41, 5.74) is 2.93. The average Bonchev–Trinajstić information content (AvgIpc) is 2.62. The van der Waals surface area contributed by atoms with Gasteiger partial charge in [0.15, 0.2) is 0 Å². The normalized spacial score (nSPS) is 10.3. The van der Waals surface area contributed by atoms with E-state index in [1.54, 1.807) is 37.6 Å². The van der Waals surface area contributed by atoms with Crippen molar-refractivity contribution in [2.45, 2.75) is 13.8 Å². The minimum absolute atomic E-state index is 0.0583. The van der Waals surface area contributed by atoms with Gasteiger partial charge in [-0.05, 0) is 49.2 Å². The summed E-state index contributed by atoms with van der Waals surface area (Å²) in [5.74, 6) is 0.555. The second-order valence-electron chi connectivity index (χ2n) is 6.11. The lowest BCUT2D eigenvalue weighted by Gasteiger charge is -2.11. The van der Waals surface area contributed by atoms with Gasteiger partial charge >= 0.3 is 6.03 Å². The van der Waals surface area contributed by atoms with Crippen LogP contribution in [0.15, 0.2) is 59.7 Å². The number of nitrogens with one attached hydrogen (secondary N) is 2. The standard InChI is InChI=1S/C20H20N4O3/c1-13-9-14(2)11-16(10-13)24-8-7-21-18(19(24)25)23-20(26)22-15-5-4-6-17(12-15)27-3/h4-12H,1-3H3,(H2,21,22,23,26). The van der Waals surface area contributed by atoms with Gasteiger partial charge in [-0.1, -0.05) is 12.1 Å². The number of rotatable bonds is 4. The summed E-state index contributed by atoms with van der Waals surface area (Å²) >= 11 is 0. The van der Waals surface area contributed by atoms with E-state index in [9.17, 15) is 9.59 Å². The predicted octanol–water partition coefficient (Wildman–Crippen LogP) is 3.50. The van der Waals surface area contributed by atoms with Gasteiger partial charge in [0.1, 0.15) is 5.75 Å². The van der Waals surface area contributed by atoms with Gasteiger partial charge in [0.2, 0.25) is 5.82 Å². The molecular weight excluding hydrogens is 344 g/mol. The average molecular weight is 364 g/mol. The molecule has 0 bridgehead atoms. The third-order valence-electron chi connectivity index (χ3n) is 3.88. The monoisotopic (exact) mass is 364 g/mol. The van der Waals surface area contributed by atoms with Gasteiger partial charge in [0, 0.05) is 29.8 Å². The molecule has 0 atom stereocenters. The molecule has 0 aliphatic rings. The Morgan fingerprint density at radius 1 is 1.07 bits per heavy atom. The van der Waals surface area contributed by atoms with E-state index >= 15 is 0 Å². The number of amides is 2. The highest BCUT2D eigenvalue weighted by Gasteiger charge is 2.11. The minimum Gasteiger partial charge on any atom is -0.497 e. The number of nitrogens with zero attached hydrogens (tertiary/aromatic N) is 2. The SMILES string of the molecule is COc1cccc(NC(=O)Nc2nccn(-c3cc(C)cc(C)c3)c2=O)c1. The number of anilines is 2. The van der Waals surface area contributed by atoms with E-state index < -0.39 is 11.6 Å². The highest BCUT2D eigenvalue weighted by atomic mass is 16.5. The Kier molecular flexibility index (Phi) is 5.21. The first-order valence-corrected chi connectivity index (χ1v) is 8.34. The van der Waals surface area contributed by atoms with Crippen molar-refractivity contribution in [3.63, 3.8) is 0 Å². The number of aromatic nitrogens is 2. The first-order chi connectivity index (χ1) is 13.0. The highest BCUT2D eigenvalue weighted by Crippen LogP contribution is 2.17. The van der Waals surface area contributed by atoms with Crippen molar-refractivity contribution < 1.29 is 9.53 Å². The van der Waals surface area contributed by atoms with Crippen molar-refractivity contribution in [3.8, 4) is 11.4 Å². The van der Waals surface area contributed by atoms with E-state index in [1.807, 2.05) is 32.0 Å².